The molecule has 0 unspecified atom stereocenters. The first-order chi connectivity index (χ1) is 12.0. The molecule has 6 heteroatoms. The number of amides is 1. The van der Waals surface area contributed by atoms with Gasteiger partial charge in [0.2, 0.25) is 5.91 Å². The van der Waals surface area contributed by atoms with Crippen molar-refractivity contribution in [3.63, 3.8) is 0 Å². The molecule has 1 aliphatic heterocycles. The maximum Gasteiger partial charge on any atom is 0.339 e. The molecule has 0 aliphatic carbocycles. The van der Waals surface area contributed by atoms with E-state index in [-0.39, 0.29) is 24.1 Å². The van der Waals surface area contributed by atoms with Gasteiger partial charge in [0, 0.05) is 6.54 Å². The van der Waals surface area contributed by atoms with Crippen LogP contribution >= 0.6 is 0 Å². The second-order valence-electron chi connectivity index (χ2n) is 6.32. The van der Waals surface area contributed by atoms with Crippen molar-refractivity contribution in [1.82, 2.24) is 10.2 Å². The summed E-state index contributed by atoms with van der Waals surface area (Å²) < 4.78 is 5.40. The first-order valence-corrected chi connectivity index (χ1v) is 8.43. The minimum absolute atomic E-state index is 0.0423. The molecule has 25 heavy (non-hydrogen) atoms. The Labute approximate surface area is 146 Å². The average molecular weight is 342 g/mol. The number of carbonyl (C=O) groups excluding carboxylic acids is 1. The topological polar surface area (TPSA) is 82.8 Å². The van der Waals surface area contributed by atoms with Gasteiger partial charge in [-0.3, -0.25) is 9.69 Å². The highest BCUT2D eigenvalue weighted by atomic mass is 16.4. The SMILES string of the molecule is Cc1oc(CNC(=O)[C@H]2CCCN2Cc2ccccc2)cc1C(=O)O. The molecule has 0 saturated carbocycles. The Morgan fingerprint density at radius 2 is 2.08 bits per heavy atom. The van der Waals surface area contributed by atoms with Crippen LogP contribution < -0.4 is 5.32 Å². The summed E-state index contributed by atoms with van der Waals surface area (Å²) >= 11 is 0. The van der Waals surface area contributed by atoms with E-state index in [1.165, 1.54) is 11.6 Å². The van der Waals surface area contributed by atoms with Gasteiger partial charge in [-0.2, -0.15) is 0 Å². The summed E-state index contributed by atoms with van der Waals surface area (Å²) in [6, 6.07) is 11.4. The predicted molar refractivity (Wildman–Crippen MR) is 92.1 cm³/mol. The number of carboxylic acid groups (broad SMARTS) is 1. The third kappa shape index (κ3) is 4.09. The number of hydrogen-bond acceptors (Lipinski definition) is 4. The smallest absolute Gasteiger partial charge is 0.339 e. The van der Waals surface area contributed by atoms with E-state index in [0.717, 1.165) is 25.9 Å². The highest BCUT2D eigenvalue weighted by Crippen LogP contribution is 2.21. The Balaban J connectivity index is 1.58. The number of carbonyl (C=O) groups is 2. The number of aromatic carboxylic acids is 1. The van der Waals surface area contributed by atoms with Crippen LogP contribution in [0.2, 0.25) is 0 Å². The van der Waals surface area contributed by atoms with E-state index in [1.807, 2.05) is 18.2 Å². The number of nitrogens with zero attached hydrogens (tertiary/aromatic N) is 1. The van der Waals surface area contributed by atoms with Gasteiger partial charge in [-0.25, -0.2) is 4.79 Å². The number of aryl methyl sites for hydroxylation is 1. The van der Waals surface area contributed by atoms with Crippen LogP contribution in [-0.4, -0.2) is 34.5 Å². The van der Waals surface area contributed by atoms with Crippen molar-refractivity contribution in [3.8, 4) is 0 Å². The van der Waals surface area contributed by atoms with Crippen LogP contribution in [0.1, 0.15) is 40.3 Å². The highest BCUT2D eigenvalue weighted by molar-refractivity contribution is 5.88. The maximum atomic E-state index is 12.5. The summed E-state index contributed by atoms with van der Waals surface area (Å²) in [6.07, 6.45) is 1.82. The molecule has 1 amide bonds. The predicted octanol–water partition coefficient (Wildman–Crippen LogP) is 2.57. The minimum atomic E-state index is -1.02. The second-order valence-corrected chi connectivity index (χ2v) is 6.32. The lowest BCUT2D eigenvalue weighted by atomic mass is 10.1. The van der Waals surface area contributed by atoms with Crippen molar-refractivity contribution in [1.29, 1.82) is 0 Å². The van der Waals surface area contributed by atoms with Gasteiger partial charge >= 0.3 is 5.97 Å². The van der Waals surface area contributed by atoms with Crippen molar-refractivity contribution in [3.05, 3.63) is 59.0 Å². The monoisotopic (exact) mass is 342 g/mol. The third-order valence-electron chi connectivity index (χ3n) is 4.53. The van der Waals surface area contributed by atoms with E-state index in [9.17, 15) is 9.59 Å². The molecule has 0 spiro atoms. The summed E-state index contributed by atoms with van der Waals surface area (Å²) in [6.45, 7) is 3.45. The molecule has 3 rings (SSSR count). The van der Waals surface area contributed by atoms with E-state index >= 15 is 0 Å². The molecule has 2 N–H and O–H groups in total. The summed E-state index contributed by atoms with van der Waals surface area (Å²) in [4.78, 5) is 25.8. The average Bonchev–Trinajstić information content (AvgIpc) is 3.20. The molecule has 0 radical (unpaired) electrons. The number of hydrogen-bond donors (Lipinski definition) is 2. The molecule has 2 heterocycles. The quantitative estimate of drug-likeness (QED) is 0.843. The highest BCUT2D eigenvalue weighted by Gasteiger charge is 2.30. The summed E-state index contributed by atoms with van der Waals surface area (Å²) in [5.41, 5.74) is 1.32. The fourth-order valence-electron chi connectivity index (χ4n) is 3.27. The molecule has 1 saturated heterocycles. The van der Waals surface area contributed by atoms with E-state index in [1.54, 1.807) is 6.92 Å². The zero-order chi connectivity index (χ0) is 17.8. The number of benzene rings is 1. The fraction of sp³-hybridized carbons (Fsp3) is 0.368. The normalized spacial score (nSPS) is 17.6. The van der Waals surface area contributed by atoms with Gasteiger partial charge in [-0.05, 0) is 37.9 Å². The Kier molecular flexibility index (Phi) is 5.19. The molecular formula is C19H22N2O4. The maximum absolute atomic E-state index is 12.5. The third-order valence-corrected chi connectivity index (χ3v) is 4.53. The van der Waals surface area contributed by atoms with Crippen molar-refractivity contribution < 1.29 is 19.1 Å². The van der Waals surface area contributed by atoms with Gasteiger partial charge in [0.15, 0.2) is 0 Å². The molecule has 1 aromatic heterocycles. The standard InChI is InChI=1S/C19H22N2O4/c1-13-16(19(23)24)10-15(25-13)11-20-18(22)17-8-5-9-21(17)12-14-6-3-2-4-7-14/h2-4,6-7,10,17H,5,8-9,11-12H2,1H3,(H,20,22)(H,23,24)/t17-/m1/s1. The van der Waals surface area contributed by atoms with Gasteiger partial charge in [0.1, 0.15) is 17.1 Å². The Bertz CT molecular complexity index is 754. The molecule has 1 aromatic carbocycles. The zero-order valence-electron chi connectivity index (χ0n) is 14.2. The van der Waals surface area contributed by atoms with Crippen molar-refractivity contribution in [2.75, 3.05) is 6.54 Å². The minimum Gasteiger partial charge on any atom is -0.478 e. The van der Waals surface area contributed by atoms with Crippen molar-refractivity contribution in [2.45, 2.75) is 38.9 Å². The molecule has 2 aromatic rings. The number of likely N-dealkylation sites (tertiary alicyclic amines) is 1. The zero-order valence-corrected chi connectivity index (χ0v) is 14.2. The first-order valence-electron chi connectivity index (χ1n) is 8.43. The van der Waals surface area contributed by atoms with Crippen LogP contribution in [0, 0.1) is 6.92 Å². The van der Waals surface area contributed by atoms with Gasteiger partial charge < -0.3 is 14.8 Å². The lowest BCUT2D eigenvalue weighted by Crippen LogP contribution is -2.42. The van der Waals surface area contributed by atoms with Gasteiger partial charge in [0.25, 0.3) is 0 Å². The summed E-state index contributed by atoms with van der Waals surface area (Å²) in [5.74, 6) is -0.262. The molecule has 1 atom stereocenters. The molecule has 6 nitrogen and oxygen atoms in total. The van der Waals surface area contributed by atoms with E-state index in [2.05, 4.69) is 22.3 Å². The van der Waals surface area contributed by atoms with Crippen LogP contribution in [0.25, 0.3) is 0 Å². The van der Waals surface area contributed by atoms with Crippen LogP contribution in [0.4, 0.5) is 0 Å². The molecule has 1 aliphatic rings. The number of carboxylic acids is 1. The number of furan rings is 1. The lowest BCUT2D eigenvalue weighted by Gasteiger charge is -2.23. The van der Waals surface area contributed by atoms with E-state index in [4.69, 9.17) is 9.52 Å². The Morgan fingerprint density at radius 3 is 2.76 bits per heavy atom. The van der Waals surface area contributed by atoms with E-state index < -0.39 is 5.97 Å². The molecule has 1 fully saturated rings. The fourth-order valence-corrected chi connectivity index (χ4v) is 3.27. The van der Waals surface area contributed by atoms with E-state index in [0.29, 0.717) is 11.5 Å². The summed E-state index contributed by atoms with van der Waals surface area (Å²) in [5, 5.41) is 11.9. The van der Waals surface area contributed by atoms with Crippen LogP contribution in [-0.2, 0) is 17.9 Å². The largest absolute Gasteiger partial charge is 0.478 e. The molecule has 0 bridgehead atoms. The number of rotatable bonds is 6. The van der Waals surface area contributed by atoms with Gasteiger partial charge in [0.05, 0.1) is 12.6 Å². The van der Waals surface area contributed by atoms with Crippen LogP contribution in [0.5, 0.6) is 0 Å². The number of nitrogens with one attached hydrogen (secondary N) is 1. The first kappa shape index (κ1) is 17.2. The van der Waals surface area contributed by atoms with Gasteiger partial charge in [-0.1, -0.05) is 30.3 Å². The molecular weight excluding hydrogens is 320 g/mol. The molecule has 132 valence electrons. The van der Waals surface area contributed by atoms with Crippen LogP contribution in [0.15, 0.2) is 40.8 Å². The van der Waals surface area contributed by atoms with Crippen LogP contribution in [0.3, 0.4) is 0 Å². The van der Waals surface area contributed by atoms with Gasteiger partial charge in [-0.15, -0.1) is 0 Å². The summed E-state index contributed by atoms with van der Waals surface area (Å²) in [7, 11) is 0. The Morgan fingerprint density at radius 1 is 1.32 bits per heavy atom. The Hall–Kier alpha value is -2.60. The lowest BCUT2D eigenvalue weighted by molar-refractivity contribution is -0.125. The van der Waals surface area contributed by atoms with Crippen molar-refractivity contribution in [2.24, 2.45) is 0 Å². The second kappa shape index (κ2) is 7.53. The van der Waals surface area contributed by atoms with Crippen molar-refractivity contribution >= 4 is 11.9 Å².